The number of piperazine rings is 1. The van der Waals surface area contributed by atoms with Crippen molar-refractivity contribution in [1.29, 1.82) is 0 Å². The molecule has 0 saturated carbocycles. The highest BCUT2D eigenvalue weighted by atomic mass is 35.5. The van der Waals surface area contributed by atoms with E-state index in [2.05, 4.69) is 30.0 Å². The molecule has 0 atom stereocenters. The number of halogens is 1. The summed E-state index contributed by atoms with van der Waals surface area (Å²) in [4.78, 5) is 2.32. The Bertz CT molecular complexity index is 724. The highest BCUT2D eigenvalue weighted by Crippen LogP contribution is 2.22. The number of hydrogen-bond donors (Lipinski definition) is 0. The van der Waals surface area contributed by atoms with Crippen molar-refractivity contribution in [3.63, 3.8) is 0 Å². The van der Waals surface area contributed by atoms with Crippen LogP contribution in [0.5, 0.6) is 0 Å². The molecule has 0 radical (unpaired) electrons. The Hall–Kier alpha value is -0.920. The van der Waals surface area contributed by atoms with Crippen LogP contribution >= 0.6 is 23.7 Å². The largest absolute Gasteiger partial charge is 0.296 e. The summed E-state index contributed by atoms with van der Waals surface area (Å²) in [7, 11) is -3.30. The average Bonchev–Trinajstić information content (AvgIpc) is 3.05. The summed E-state index contributed by atoms with van der Waals surface area (Å²) < 4.78 is 27.0. The summed E-state index contributed by atoms with van der Waals surface area (Å²) >= 11 is 1.29. The van der Waals surface area contributed by atoms with Gasteiger partial charge in [0.2, 0.25) is 0 Å². The Morgan fingerprint density at radius 3 is 2.35 bits per heavy atom. The Morgan fingerprint density at radius 1 is 1.04 bits per heavy atom. The van der Waals surface area contributed by atoms with Gasteiger partial charge < -0.3 is 0 Å². The molecule has 1 fully saturated rings. The first-order valence-corrected chi connectivity index (χ1v) is 9.70. The van der Waals surface area contributed by atoms with Crippen LogP contribution in [0.15, 0.2) is 46.0 Å². The zero-order chi connectivity index (χ0) is 15.6. The van der Waals surface area contributed by atoms with Gasteiger partial charge in [-0.1, -0.05) is 30.3 Å². The second kappa shape index (κ2) is 7.77. The Labute approximate surface area is 148 Å². The van der Waals surface area contributed by atoms with E-state index in [0.29, 0.717) is 17.3 Å². The molecule has 4 nitrogen and oxygen atoms in total. The minimum atomic E-state index is -3.30. The van der Waals surface area contributed by atoms with E-state index < -0.39 is 10.0 Å². The van der Waals surface area contributed by atoms with Gasteiger partial charge in [0.25, 0.3) is 10.0 Å². The number of rotatable bonds is 4. The zero-order valence-corrected chi connectivity index (χ0v) is 15.5. The summed E-state index contributed by atoms with van der Waals surface area (Å²) in [5.41, 5.74) is 2.60. The molecule has 0 unspecified atom stereocenters. The summed E-state index contributed by atoms with van der Waals surface area (Å²) in [6.07, 6.45) is 0. The lowest BCUT2D eigenvalue weighted by Gasteiger charge is -2.33. The van der Waals surface area contributed by atoms with Crippen molar-refractivity contribution in [3.05, 3.63) is 52.9 Å². The van der Waals surface area contributed by atoms with E-state index in [1.807, 2.05) is 6.07 Å². The van der Waals surface area contributed by atoms with Crippen LogP contribution in [0.2, 0.25) is 0 Å². The van der Waals surface area contributed by atoms with Gasteiger partial charge in [0.15, 0.2) is 0 Å². The predicted molar refractivity (Wildman–Crippen MR) is 96.8 cm³/mol. The predicted octanol–water partition coefficient (Wildman–Crippen LogP) is 2.98. The van der Waals surface area contributed by atoms with Gasteiger partial charge in [-0.25, -0.2) is 8.42 Å². The van der Waals surface area contributed by atoms with Crippen molar-refractivity contribution in [2.24, 2.45) is 0 Å². The van der Waals surface area contributed by atoms with Crippen molar-refractivity contribution in [1.82, 2.24) is 9.21 Å². The maximum atomic E-state index is 12.5. The normalized spacial score (nSPS) is 16.9. The fourth-order valence-electron chi connectivity index (χ4n) is 2.69. The van der Waals surface area contributed by atoms with Crippen molar-refractivity contribution in [3.8, 4) is 0 Å². The minimum Gasteiger partial charge on any atom is -0.296 e. The lowest BCUT2D eigenvalue weighted by molar-refractivity contribution is 0.181. The second-order valence-electron chi connectivity index (χ2n) is 5.54. The quantitative estimate of drug-likeness (QED) is 0.828. The Morgan fingerprint density at radius 2 is 1.74 bits per heavy atom. The third kappa shape index (κ3) is 4.14. The third-order valence-corrected chi connectivity index (χ3v) is 7.35. The van der Waals surface area contributed by atoms with Gasteiger partial charge in [-0.05, 0) is 29.5 Å². The first-order valence-electron chi connectivity index (χ1n) is 7.38. The number of benzene rings is 1. The lowest BCUT2D eigenvalue weighted by atomic mass is 10.1. The summed E-state index contributed by atoms with van der Waals surface area (Å²) in [5.74, 6) is 0. The van der Waals surface area contributed by atoms with Crippen LogP contribution < -0.4 is 0 Å². The van der Waals surface area contributed by atoms with Crippen LogP contribution in [0.3, 0.4) is 0 Å². The monoisotopic (exact) mass is 372 g/mol. The topological polar surface area (TPSA) is 40.6 Å². The number of nitrogens with zero attached hydrogens (tertiary/aromatic N) is 2. The van der Waals surface area contributed by atoms with Crippen molar-refractivity contribution in [2.75, 3.05) is 26.2 Å². The summed E-state index contributed by atoms with van der Waals surface area (Å²) in [6, 6.07) is 11.8. The minimum absolute atomic E-state index is 0. The van der Waals surface area contributed by atoms with Gasteiger partial charge in [-0.2, -0.15) is 4.31 Å². The Balaban J connectivity index is 0.00000192. The van der Waals surface area contributed by atoms with E-state index in [0.717, 1.165) is 19.6 Å². The molecule has 1 aromatic carbocycles. The van der Waals surface area contributed by atoms with E-state index in [1.54, 1.807) is 21.8 Å². The van der Waals surface area contributed by atoms with Gasteiger partial charge in [0, 0.05) is 32.7 Å². The van der Waals surface area contributed by atoms with E-state index in [-0.39, 0.29) is 12.4 Å². The van der Waals surface area contributed by atoms with Gasteiger partial charge in [-0.15, -0.1) is 23.7 Å². The average molecular weight is 373 g/mol. The molecule has 3 rings (SSSR count). The molecule has 126 valence electrons. The van der Waals surface area contributed by atoms with Crippen LogP contribution in [-0.2, 0) is 16.6 Å². The standard InChI is InChI=1S/C16H20N2O2S2.ClH/c1-14-5-2-3-6-15(14)13-17-8-10-18(11-9-17)22(19,20)16-7-4-12-21-16;/h2-7,12H,8-11,13H2,1H3;1H. The molecule has 0 spiro atoms. The highest BCUT2D eigenvalue weighted by molar-refractivity contribution is 7.91. The molecular weight excluding hydrogens is 352 g/mol. The highest BCUT2D eigenvalue weighted by Gasteiger charge is 2.29. The van der Waals surface area contributed by atoms with E-state index in [4.69, 9.17) is 0 Å². The maximum absolute atomic E-state index is 12.5. The van der Waals surface area contributed by atoms with Gasteiger partial charge in [0.1, 0.15) is 4.21 Å². The molecule has 23 heavy (non-hydrogen) atoms. The Kier molecular flexibility index (Phi) is 6.22. The molecule has 0 amide bonds. The lowest BCUT2D eigenvalue weighted by Crippen LogP contribution is -2.48. The molecule has 2 aromatic rings. The van der Waals surface area contributed by atoms with Crippen LogP contribution in [0.25, 0.3) is 0 Å². The third-order valence-electron chi connectivity index (χ3n) is 4.08. The van der Waals surface area contributed by atoms with Crippen LogP contribution in [-0.4, -0.2) is 43.8 Å². The molecule has 1 aliphatic rings. The van der Waals surface area contributed by atoms with E-state index in [9.17, 15) is 8.42 Å². The van der Waals surface area contributed by atoms with Crippen molar-refractivity contribution in [2.45, 2.75) is 17.7 Å². The van der Waals surface area contributed by atoms with Gasteiger partial charge in [-0.3, -0.25) is 4.90 Å². The molecule has 0 bridgehead atoms. The number of aryl methyl sites for hydroxylation is 1. The van der Waals surface area contributed by atoms with Crippen LogP contribution in [0.1, 0.15) is 11.1 Å². The molecule has 0 N–H and O–H groups in total. The summed E-state index contributed by atoms with van der Waals surface area (Å²) in [6.45, 7) is 5.68. The first-order chi connectivity index (χ1) is 10.6. The van der Waals surface area contributed by atoms with E-state index >= 15 is 0 Å². The molecule has 7 heteroatoms. The second-order valence-corrected chi connectivity index (χ2v) is 8.65. The number of sulfonamides is 1. The fraction of sp³-hybridized carbons (Fsp3) is 0.375. The summed E-state index contributed by atoms with van der Waals surface area (Å²) in [5, 5.41) is 1.81. The number of thiophene rings is 1. The molecular formula is C16H21ClN2O2S2. The van der Waals surface area contributed by atoms with Crippen LogP contribution in [0, 0.1) is 6.92 Å². The number of hydrogen-bond acceptors (Lipinski definition) is 4. The van der Waals surface area contributed by atoms with E-state index in [1.165, 1.54) is 22.5 Å². The van der Waals surface area contributed by atoms with Crippen molar-refractivity contribution >= 4 is 33.8 Å². The maximum Gasteiger partial charge on any atom is 0.252 e. The smallest absolute Gasteiger partial charge is 0.252 e. The fourth-order valence-corrected chi connectivity index (χ4v) is 5.26. The SMILES string of the molecule is Cc1ccccc1CN1CCN(S(=O)(=O)c2cccs2)CC1.Cl. The zero-order valence-electron chi connectivity index (χ0n) is 13.0. The molecule has 1 aliphatic heterocycles. The van der Waals surface area contributed by atoms with Crippen molar-refractivity contribution < 1.29 is 8.42 Å². The first kappa shape index (κ1) is 18.4. The molecule has 2 heterocycles. The van der Waals surface area contributed by atoms with Gasteiger partial charge >= 0.3 is 0 Å². The molecule has 0 aliphatic carbocycles. The van der Waals surface area contributed by atoms with Crippen LogP contribution in [0.4, 0.5) is 0 Å². The van der Waals surface area contributed by atoms with Gasteiger partial charge in [0.05, 0.1) is 0 Å². The molecule has 1 aromatic heterocycles. The molecule has 1 saturated heterocycles.